The van der Waals surface area contributed by atoms with Crippen molar-refractivity contribution in [1.29, 1.82) is 0 Å². The summed E-state index contributed by atoms with van der Waals surface area (Å²) < 4.78 is 14.1. The molecule has 0 saturated carbocycles. The van der Waals surface area contributed by atoms with E-state index in [2.05, 4.69) is 18.1 Å². The Morgan fingerprint density at radius 2 is 1.94 bits per heavy atom. The minimum absolute atomic E-state index is 0.0415. The van der Waals surface area contributed by atoms with Crippen LogP contribution in [0.2, 0.25) is 0 Å². The first-order chi connectivity index (χ1) is 14.9. The SMILES string of the molecule is C=CCN(CC=C)C(=O)C[C@]1(c2cccc(F)c2)CC(=O)N(Cc2cccnc2)C1=O. The molecular weight excluding hydrogens is 397 g/mol. The van der Waals surface area contributed by atoms with Crippen molar-refractivity contribution in [2.45, 2.75) is 24.8 Å². The molecule has 0 bridgehead atoms. The van der Waals surface area contributed by atoms with Gasteiger partial charge in [-0.1, -0.05) is 30.4 Å². The van der Waals surface area contributed by atoms with E-state index in [1.54, 1.807) is 42.7 Å². The molecule has 1 fully saturated rings. The highest BCUT2D eigenvalue weighted by atomic mass is 19.1. The van der Waals surface area contributed by atoms with Gasteiger partial charge in [-0.25, -0.2) is 4.39 Å². The predicted molar refractivity (Wildman–Crippen MR) is 114 cm³/mol. The summed E-state index contributed by atoms with van der Waals surface area (Å²) >= 11 is 0. The Kier molecular flexibility index (Phi) is 6.74. The maximum absolute atomic E-state index is 14.1. The molecule has 0 aliphatic carbocycles. The molecule has 0 spiro atoms. The lowest BCUT2D eigenvalue weighted by Gasteiger charge is -2.30. The summed E-state index contributed by atoms with van der Waals surface area (Å²) in [4.78, 5) is 46.2. The zero-order chi connectivity index (χ0) is 22.4. The van der Waals surface area contributed by atoms with Gasteiger partial charge in [0.15, 0.2) is 0 Å². The van der Waals surface area contributed by atoms with Gasteiger partial charge < -0.3 is 4.90 Å². The maximum Gasteiger partial charge on any atom is 0.241 e. The Labute approximate surface area is 180 Å². The topological polar surface area (TPSA) is 70.6 Å². The Morgan fingerprint density at radius 1 is 1.19 bits per heavy atom. The highest BCUT2D eigenvalue weighted by molar-refractivity contribution is 6.10. The smallest absolute Gasteiger partial charge is 0.241 e. The van der Waals surface area contributed by atoms with Gasteiger partial charge in [-0.05, 0) is 29.3 Å². The van der Waals surface area contributed by atoms with E-state index < -0.39 is 23.0 Å². The number of halogens is 1. The van der Waals surface area contributed by atoms with Gasteiger partial charge >= 0.3 is 0 Å². The third-order valence-corrected chi connectivity index (χ3v) is 5.35. The Balaban J connectivity index is 2.00. The largest absolute Gasteiger partial charge is 0.335 e. The van der Waals surface area contributed by atoms with Gasteiger partial charge in [0.25, 0.3) is 0 Å². The van der Waals surface area contributed by atoms with Crippen molar-refractivity contribution in [3.63, 3.8) is 0 Å². The molecule has 6 nitrogen and oxygen atoms in total. The fraction of sp³-hybridized carbons (Fsp3) is 0.250. The molecule has 1 aliphatic heterocycles. The van der Waals surface area contributed by atoms with Gasteiger partial charge in [0.05, 0.1) is 12.0 Å². The first kappa shape index (κ1) is 22.1. The minimum Gasteiger partial charge on any atom is -0.335 e. The number of nitrogens with zero attached hydrogens (tertiary/aromatic N) is 3. The average molecular weight is 421 g/mol. The summed E-state index contributed by atoms with van der Waals surface area (Å²) in [6, 6.07) is 9.01. The maximum atomic E-state index is 14.1. The summed E-state index contributed by atoms with van der Waals surface area (Å²) in [5.41, 5.74) is -0.477. The van der Waals surface area contributed by atoms with E-state index in [1.807, 2.05) is 0 Å². The molecule has 0 N–H and O–H groups in total. The molecule has 2 heterocycles. The van der Waals surface area contributed by atoms with Gasteiger partial charge in [0, 0.05) is 38.3 Å². The Hall–Kier alpha value is -3.61. The van der Waals surface area contributed by atoms with E-state index >= 15 is 0 Å². The highest BCUT2D eigenvalue weighted by Crippen LogP contribution is 2.41. The first-order valence-corrected chi connectivity index (χ1v) is 9.90. The van der Waals surface area contributed by atoms with Crippen LogP contribution < -0.4 is 0 Å². The van der Waals surface area contributed by atoms with Crippen molar-refractivity contribution in [2.24, 2.45) is 0 Å². The van der Waals surface area contributed by atoms with Crippen LogP contribution in [0.3, 0.4) is 0 Å². The molecule has 1 aliphatic rings. The molecule has 1 aromatic carbocycles. The lowest BCUT2D eigenvalue weighted by molar-refractivity contribution is -0.143. The second kappa shape index (κ2) is 9.47. The summed E-state index contributed by atoms with van der Waals surface area (Å²) in [5.74, 6) is -1.81. The predicted octanol–water partition coefficient (Wildman–Crippen LogP) is 3.01. The summed E-state index contributed by atoms with van der Waals surface area (Å²) in [5, 5.41) is 0. The highest BCUT2D eigenvalue weighted by Gasteiger charge is 2.54. The monoisotopic (exact) mass is 421 g/mol. The number of pyridine rings is 1. The molecule has 2 aromatic rings. The molecule has 0 radical (unpaired) electrons. The van der Waals surface area contributed by atoms with Gasteiger partial charge in [0.2, 0.25) is 17.7 Å². The van der Waals surface area contributed by atoms with Crippen molar-refractivity contribution in [2.75, 3.05) is 13.1 Å². The normalized spacial score (nSPS) is 18.2. The van der Waals surface area contributed by atoms with Crippen molar-refractivity contribution >= 4 is 17.7 Å². The Bertz CT molecular complexity index is 998. The molecule has 1 aromatic heterocycles. The second-order valence-electron chi connectivity index (χ2n) is 7.47. The molecule has 1 atom stereocenters. The quantitative estimate of drug-likeness (QED) is 0.461. The molecular formula is C24H24FN3O3. The van der Waals surface area contributed by atoms with E-state index in [0.29, 0.717) is 11.1 Å². The molecule has 1 saturated heterocycles. The van der Waals surface area contributed by atoms with Gasteiger partial charge in [-0.2, -0.15) is 0 Å². The van der Waals surface area contributed by atoms with Crippen LogP contribution in [-0.4, -0.2) is 45.6 Å². The number of benzene rings is 1. The van der Waals surface area contributed by atoms with Crippen LogP contribution in [0.15, 0.2) is 74.1 Å². The second-order valence-corrected chi connectivity index (χ2v) is 7.47. The molecule has 160 valence electrons. The van der Waals surface area contributed by atoms with Crippen LogP contribution in [0.25, 0.3) is 0 Å². The molecule has 3 amide bonds. The van der Waals surface area contributed by atoms with Gasteiger partial charge in [0.1, 0.15) is 5.82 Å². The number of amides is 3. The van der Waals surface area contributed by atoms with Crippen LogP contribution in [0.5, 0.6) is 0 Å². The van der Waals surface area contributed by atoms with Crippen molar-refractivity contribution in [1.82, 2.24) is 14.8 Å². The zero-order valence-electron chi connectivity index (χ0n) is 17.2. The number of likely N-dealkylation sites (tertiary alicyclic amines) is 1. The fourth-order valence-electron chi connectivity index (χ4n) is 3.85. The van der Waals surface area contributed by atoms with Gasteiger partial charge in [-0.3, -0.25) is 24.3 Å². The van der Waals surface area contributed by atoms with E-state index in [9.17, 15) is 18.8 Å². The number of carbonyl (C=O) groups excluding carboxylic acids is 3. The van der Waals surface area contributed by atoms with E-state index in [1.165, 1.54) is 23.1 Å². The number of hydrogen-bond donors (Lipinski definition) is 0. The Morgan fingerprint density at radius 3 is 2.55 bits per heavy atom. The van der Waals surface area contributed by atoms with Crippen LogP contribution >= 0.6 is 0 Å². The first-order valence-electron chi connectivity index (χ1n) is 9.90. The minimum atomic E-state index is -1.47. The van der Waals surface area contributed by atoms with Crippen LogP contribution in [0.4, 0.5) is 4.39 Å². The van der Waals surface area contributed by atoms with Crippen LogP contribution in [-0.2, 0) is 26.3 Å². The van der Waals surface area contributed by atoms with Crippen molar-refractivity contribution < 1.29 is 18.8 Å². The third-order valence-electron chi connectivity index (χ3n) is 5.35. The van der Waals surface area contributed by atoms with E-state index in [4.69, 9.17) is 0 Å². The average Bonchev–Trinajstić information content (AvgIpc) is 2.99. The number of carbonyl (C=O) groups is 3. The summed E-state index contributed by atoms with van der Waals surface area (Å²) in [6.07, 6.45) is 5.85. The summed E-state index contributed by atoms with van der Waals surface area (Å²) in [7, 11) is 0. The third kappa shape index (κ3) is 4.60. The van der Waals surface area contributed by atoms with Crippen molar-refractivity contribution in [3.05, 3.63) is 91.0 Å². The lowest BCUT2D eigenvalue weighted by Crippen LogP contribution is -2.43. The molecule has 31 heavy (non-hydrogen) atoms. The fourth-order valence-corrected chi connectivity index (χ4v) is 3.85. The van der Waals surface area contributed by atoms with Crippen LogP contribution in [0.1, 0.15) is 24.0 Å². The number of hydrogen-bond acceptors (Lipinski definition) is 4. The number of imide groups is 1. The standard InChI is InChI=1S/C24H24FN3O3/c1-3-11-27(12-4-2)21(29)14-24(19-8-5-9-20(25)13-19)15-22(30)28(23(24)31)17-18-7-6-10-26-16-18/h3-10,13,16H,1-2,11-12,14-15,17H2/t24-/m1/s1. The van der Waals surface area contributed by atoms with Crippen LogP contribution in [0, 0.1) is 5.82 Å². The zero-order valence-corrected chi connectivity index (χ0v) is 17.2. The van der Waals surface area contributed by atoms with Crippen molar-refractivity contribution in [3.8, 4) is 0 Å². The summed E-state index contributed by atoms with van der Waals surface area (Å²) in [6.45, 7) is 7.89. The van der Waals surface area contributed by atoms with E-state index in [-0.39, 0.29) is 38.4 Å². The molecule has 0 unspecified atom stereocenters. The number of aromatic nitrogens is 1. The number of rotatable bonds is 9. The molecule has 3 rings (SSSR count). The lowest BCUT2D eigenvalue weighted by atomic mass is 9.75. The van der Waals surface area contributed by atoms with Gasteiger partial charge in [-0.15, -0.1) is 13.2 Å². The molecule has 7 heteroatoms. The van der Waals surface area contributed by atoms with E-state index in [0.717, 1.165) is 4.90 Å².